The summed E-state index contributed by atoms with van der Waals surface area (Å²) in [4.78, 5) is 18.8. The van der Waals surface area contributed by atoms with Crippen LogP contribution in [0.25, 0.3) is 10.9 Å². The fraction of sp³-hybridized carbons (Fsp3) is 0.111. The van der Waals surface area contributed by atoms with Gasteiger partial charge >= 0.3 is 0 Å². The van der Waals surface area contributed by atoms with E-state index in [2.05, 4.69) is 4.98 Å². The normalized spacial score (nSPS) is 13.4. The minimum atomic E-state index is -0.523. The summed E-state index contributed by atoms with van der Waals surface area (Å²) < 4.78 is 13.9. The average Bonchev–Trinajstić information content (AvgIpc) is 2.96. The van der Waals surface area contributed by atoms with Gasteiger partial charge in [0.2, 0.25) is 0 Å². The van der Waals surface area contributed by atoms with Gasteiger partial charge in [-0.3, -0.25) is 9.69 Å². The molecule has 0 N–H and O–H groups in total. The van der Waals surface area contributed by atoms with Gasteiger partial charge in [0, 0.05) is 11.9 Å². The number of carbonyl (C=O) groups excluding carboxylic acids is 1. The van der Waals surface area contributed by atoms with Crippen molar-refractivity contribution in [2.75, 3.05) is 11.4 Å². The molecule has 2 aromatic carbocycles. The standard InChI is InChI=1S/C18H12ClFN2O/c19-14-6-3-4-11-10-12-8-9-22(17(12)21-16(11)14)18(23)13-5-1-2-7-15(13)20/h1-7,10H,8-9H2. The van der Waals surface area contributed by atoms with Crippen LogP contribution >= 0.6 is 11.6 Å². The van der Waals surface area contributed by atoms with E-state index in [0.29, 0.717) is 29.3 Å². The molecule has 0 atom stereocenters. The van der Waals surface area contributed by atoms with Gasteiger partial charge < -0.3 is 0 Å². The van der Waals surface area contributed by atoms with Crippen molar-refractivity contribution in [2.24, 2.45) is 0 Å². The SMILES string of the molecule is O=C(c1ccccc1F)N1CCc2cc3cccc(Cl)c3nc21. The molecule has 1 aromatic heterocycles. The summed E-state index contributed by atoms with van der Waals surface area (Å²) in [7, 11) is 0. The first-order valence-electron chi connectivity index (χ1n) is 7.30. The van der Waals surface area contributed by atoms with Crippen molar-refractivity contribution >= 4 is 34.2 Å². The number of halogens is 2. The van der Waals surface area contributed by atoms with E-state index in [0.717, 1.165) is 10.9 Å². The molecule has 4 rings (SSSR count). The van der Waals surface area contributed by atoms with Gasteiger partial charge in [0.25, 0.3) is 5.91 Å². The van der Waals surface area contributed by atoms with E-state index in [1.54, 1.807) is 18.2 Å². The minimum Gasteiger partial charge on any atom is -0.292 e. The second-order valence-electron chi connectivity index (χ2n) is 5.47. The van der Waals surface area contributed by atoms with Crippen LogP contribution in [0.15, 0.2) is 48.5 Å². The lowest BCUT2D eigenvalue weighted by Crippen LogP contribution is -2.30. The summed E-state index contributed by atoms with van der Waals surface area (Å²) in [6.07, 6.45) is 0.699. The number of aromatic nitrogens is 1. The zero-order valence-corrected chi connectivity index (χ0v) is 12.8. The number of benzene rings is 2. The fourth-order valence-corrected chi connectivity index (χ4v) is 3.15. The smallest absolute Gasteiger partial charge is 0.262 e. The maximum absolute atomic E-state index is 13.9. The molecule has 1 amide bonds. The van der Waals surface area contributed by atoms with Gasteiger partial charge in [-0.2, -0.15) is 0 Å². The Balaban J connectivity index is 1.82. The molecule has 1 aliphatic heterocycles. The van der Waals surface area contributed by atoms with Gasteiger partial charge in [0.05, 0.1) is 16.1 Å². The topological polar surface area (TPSA) is 33.2 Å². The van der Waals surface area contributed by atoms with E-state index in [1.807, 2.05) is 18.2 Å². The van der Waals surface area contributed by atoms with Crippen LogP contribution in [0, 0.1) is 5.82 Å². The second-order valence-corrected chi connectivity index (χ2v) is 5.88. The van der Waals surface area contributed by atoms with Crippen molar-refractivity contribution in [3.8, 4) is 0 Å². The predicted octanol–water partition coefficient (Wildman–Crippen LogP) is 4.23. The number of pyridine rings is 1. The Hall–Kier alpha value is -2.46. The van der Waals surface area contributed by atoms with Crippen LogP contribution in [0.5, 0.6) is 0 Å². The van der Waals surface area contributed by atoms with Gasteiger partial charge in [-0.25, -0.2) is 9.37 Å². The number of nitrogens with zero attached hydrogens (tertiary/aromatic N) is 2. The highest BCUT2D eigenvalue weighted by atomic mass is 35.5. The van der Waals surface area contributed by atoms with Crippen LogP contribution in [-0.2, 0) is 6.42 Å². The summed E-state index contributed by atoms with van der Waals surface area (Å²) in [5.74, 6) is -0.329. The molecule has 2 heterocycles. The van der Waals surface area contributed by atoms with Gasteiger partial charge in [0.1, 0.15) is 11.6 Å². The van der Waals surface area contributed by atoms with Gasteiger partial charge in [0.15, 0.2) is 0 Å². The molecular weight excluding hydrogens is 315 g/mol. The molecule has 1 aliphatic rings. The maximum Gasteiger partial charge on any atom is 0.262 e. The molecule has 0 spiro atoms. The lowest BCUT2D eigenvalue weighted by molar-refractivity contribution is 0.0985. The maximum atomic E-state index is 13.9. The minimum absolute atomic E-state index is 0.0569. The Morgan fingerprint density at radius 3 is 2.83 bits per heavy atom. The molecule has 0 fully saturated rings. The zero-order chi connectivity index (χ0) is 16.0. The number of carbonyl (C=O) groups is 1. The Morgan fingerprint density at radius 1 is 1.17 bits per heavy atom. The molecule has 3 aromatic rings. The van der Waals surface area contributed by atoms with Gasteiger partial charge in [-0.15, -0.1) is 0 Å². The van der Waals surface area contributed by atoms with E-state index in [-0.39, 0.29) is 11.5 Å². The number of rotatable bonds is 1. The number of para-hydroxylation sites is 1. The summed E-state index contributed by atoms with van der Waals surface area (Å²) >= 11 is 6.20. The molecule has 23 heavy (non-hydrogen) atoms. The first kappa shape index (κ1) is 14.2. The van der Waals surface area contributed by atoms with E-state index in [9.17, 15) is 9.18 Å². The molecule has 0 saturated carbocycles. The van der Waals surface area contributed by atoms with E-state index < -0.39 is 5.82 Å². The van der Waals surface area contributed by atoms with Crippen LogP contribution in [0.1, 0.15) is 15.9 Å². The Bertz CT molecular complexity index is 941. The van der Waals surface area contributed by atoms with Crippen molar-refractivity contribution in [3.05, 3.63) is 70.5 Å². The monoisotopic (exact) mass is 326 g/mol. The largest absolute Gasteiger partial charge is 0.292 e. The second kappa shape index (κ2) is 5.32. The van der Waals surface area contributed by atoms with Crippen molar-refractivity contribution in [3.63, 3.8) is 0 Å². The Kier molecular flexibility index (Phi) is 3.27. The van der Waals surface area contributed by atoms with Crippen molar-refractivity contribution in [1.29, 1.82) is 0 Å². The van der Waals surface area contributed by atoms with Crippen LogP contribution < -0.4 is 4.90 Å². The van der Waals surface area contributed by atoms with Crippen LogP contribution in [0.2, 0.25) is 5.02 Å². The average molecular weight is 327 g/mol. The van der Waals surface area contributed by atoms with Crippen LogP contribution in [0.4, 0.5) is 10.2 Å². The molecule has 3 nitrogen and oxygen atoms in total. The fourth-order valence-electron chi connectivity index (χ4n) is 2.93. The molecule has 0 radical (unpaired) electrons. The Labute approximate surface area is 137 Å². The summed E-state index contributed by atoms with van der Waals surface area (Å²) in [5.41, 5.74) is 1.69. The molecule has 0 aliphatic carbocycles. The highest BCUT2D eigenvalue weighted by Crippen LogP contribution is 2.33. The van der Waals surface area contributed by atoms with E-state index in [1.165, 1.54) is 17.0 Å². The van der Waals surface area contributed by atoms with Crippen molar-refractivity contribution in [2.45, 2.75) is 6.42 Å². The third-order valence-corrected chi connectivity index (χ3v) is 4.37. The highest BCUT2D eigenvalue weighted by molar-refractivity contribution is 6.35. The Morgan fingerprint density at radius 2 is 2.00 bits per heavy atom. The molecule has 0 saturated heterocycles. The number of fused-ring (bicyclic) bond motifs is 2. The molecule has 5 heteroatoms. The summed E-state index contributed by atoms with van der Waals surface area (Å²) in [6, 6.07) is 13.6. The first-order chi connectivity index (χ1) is 11.1. The first-order valence-corrected chi connectivity index (χ1v) is 7.67. The third kappa shape index (κ3) is 2.26. The highest BCUT2D eigenvalue weighted by Gasteiger charge is 2.29. The molecule has 114 valence electrons. The molecule has 0 bridgehead atoms. The van der Waals surface area contributed by atoms with Crippen LogP contribution in [0.3, 0.4) is 0 Å². The van der Waals surface area contributed by atoms with Gasteiger partial charge in [-0.05, 0) is 36.2 Å². The van der Waals surface area contributed by atoms with E-state index >= 15 is 0 Å². The third-order valence-electron chi connectivity index (χ3n) is 4.06. The lowest BCUT2D eigenvalue weighted by atomic mass is 10.1. The van der Waals surface area contributed by atoms with Crippen molar-refractivity contribution in [1.82, 2.24) is 4.98 Å². The summed E-state index contributed by atoms with van der Waals surface area (Å²) in [6.45, 7) is 0.490. The predicted molar refractivity (Wildman–Crippen MR) is 88.5 cm³/mol. The molecular formula is C18H12ClFN2O. The number of amides is 1. The number of anilines is 1. The summed E-state index contributed by atoms with van der Waals surface area (Å²) in [5, 5.41) is 1.48. The zero-order valence-electron chi connectivity index (χ0n) is 12.1. The lowest BCUT2D eigenvalue weighted by Gasteiger charge is -2.17. The number of hydrogen-bond acceptors (Lipinski definition) is 2. The van der Waals surface area contributed by atoms with Crippen molar-refractivity contribution < 1.29 is 9.18 Å². The van der Waals surface area contributed by atoms with E-state index in [4.69, 9.17) is 11.6 Å². The van der Waals surface area contributed by atoms with Crippen LogP contribution in [-0.4, -0.2) is 17.4 Å². The van der Waals surface area contributed by atoms with Gasteiger partial charge in [-0.1, -0.05) is 35.9 Å². The number of hydrogen-bond donors (Lipinski definition) is 0. The quantitative estimate of drug-likeness (QED) is 0.670. The molecule has 0 unspecified atom stereocenters.